The summed E-state index contributed by atoms with van der Waals surface area (Å²) in [5, 5.41) is 16.2. The highest BCUT2D eigenvalue weighted by Crippen LogP contribution is 2.31. The van der Waals surface area contributed by atoms with Crippen molar-refractivity contribution in [2.75, 3.05) is 13.7 Å². The van der Waals surface area contributed by atoms with Crippen LogP contribution < -0.4 is 10.1 Å². The summed E-state index contributed by atoms with van der Waals surface area (Å²) in [6.07, 6.45) is 3.02. The number of rotatable bonds is 5. The lowest BCUT2D eigenvalue weighted by Crippen LogP contribution is -2.38. The molecule has 3 heteroatoms. The molecule has 0 fully saturated rings. The van der Waals surface area contributed by atoms with Crippen molar-refractivity contribution in [3.05, 3.63) is 77.4 Å². The summed E-state index contributed by atoms with van der Waals surface area (Å²) < 4.78 is 5.51. The number of ether oxygens (including phenoxy) is 1. The second kappa shape index (κ2) is 7.48. The first-order valence-electron chi connectivity index (χ1n) is 9.29. The fourth-order valence-corrected chi connectivity index (χ4v) is 4.19. The maximum Gasteiger partial charge on any atom is 0.122 e. The molecule has 2 atom stereocenters. The van der Waals surface area contributed by atoms with E-state index in [9.17, 15) is 5.11 Å². The third kappa shape index (κ3) is 3.20. The van der Waals surface area contributed by atoms with Gasteiger partial charge < -0.3 is 15.2 Å². The molecule has 0 saturated heterocycles. The van der Waals surface area contributed by atoms with E-state index in [1.165, 1.54) is 27.5 Å². The van der Waals surface area contributed by atoms with Gasteiger partial charge >= 0.3 is 0 Å². The van der Waals surface area contributed by atoms with Gasteiger partial charge in [0, 0.05) is 6.04 Å². The molecular weight excluding hydrogens is 322 g/mol. The summed E-state index contributed by atoms with van der Waals surface area (Å²) in [4.78, 5) is 0. The topological polar surface area (TPSA) is 41.5 Å². The van der Waals surface area contributed by atoms with E-state index in [0.717, 1.165) is 25.0 Å². The van der Waals surface area contributed by atoms with Crippen molar-refractivity contribution in [1.82, 2.24) is 5.32 Å². The van der Waals surface area contributed by atoms with Gasteiger partial charge in [-0.1, -0.05) is 54.6 Å². The van der Waals surface area contributed by atoms with Crippen LogP contribution in [0.3, 0.4) is 0 Å². The van der Waals surface area contributed by atoms with Crippen molar-refractivity contribution in [3.8, 4) is 5.75 Å². The van der Waals surface area contributed by atoms with E-state index >= 15 is 0 Å². The predicted octanol–water partition coefficient (Wildman–Crippen LogP) is 4.03. The largest absolute Gasteiger partial charge is 0.496 e. The molecule has 3 nitrogen and oxygen atoms in total. The quantitative estimate of drug-likeness (QED) is 0.732. The first-order chi connectivity index (χ1) is 12.8. The molecule has 3 aromatic rings. The fraction of sp³-hybridized carbons (Fsp3) is 0.304. The van der Waals surface area contributed by atoms with Crippen molar-refractivity contribution >= 4 is 10.8 Å². The normalized spacial score (nSPS) is 17.7. The Morgan fingerprint density at radius 3 is 2.73 bits per heavy atom. The lowest BCUT2D eigenvalue weighted by molar-refractivity contribution is 0.229. The van der Waals surface area contributed by atoms with Crippen LogP contribution in [0.4, 0.5) is 0 Å². The lowest BCUT2D eigenvalue weighted by Gasteiger charge is -2.30. The molecule has 0 aromatic heterocycles. The van der Waals surface area contributed by atoms with Gasteiger partial charge in [-0.2, -0.15) is 0 Å². The Bertz CT molecular complexity index is 900. The highest BCUT2D eigenvalue weighted by atomic mass is 16.5. The van der Waals surface area contributed by atoms with Crippen molar-refractivity contribution in [1.29, 1.82) is 0 Å². The molecule has 26 heavy (non-hydrogen) atoms. The van der Waals surface area contributed by atoms with Crippen LogP contribution in [-0.4, -0.2) is 24.9 Å². The third-order valence-corrected chi connectivity index (χ3v) is 5.48. The molecule has 0 amide bonds. The summed E-state index contributed by atoms with van der Waals surface area (Å²) in [6, 6.07) is 21.3. The average molecular weight is 347 g/mol. The minimum absolute atomic E-state index is 0.0572. The van der Waals surface area contributed by atoms with Gasteiger partial charge in [0.25, 0.3) is 0 Å². The summed E-state index contributed by atoms with van der Waals surface area (Å²) in [5.41, 5.74) is 3.85. The van der Waals surface area contributed by atoms with Crippen molar-refractivity contribution in [2.45, 2.75) is 31.3 Å². The van der Waals surface area contributed by atoms with Crippen LogP contribution in [0.25, 0.3) is 10.8 Å². The molecule has 1 aliphatic rings. The van der Waals surface area contributed by atoms with E-state index in [0.29, 0.717) is 6.04 Å². The monoisotopic (exact) mass is 347 g/mol. The molecule has 1 aliphatic carbocycles. The van der Waals surface area contributed by atoms with Crippen molar-refractivity contribution in [2.24, 2.45) is 0 Å². The van der Waals surface area contributed by atoms with Gasteiger partial charge in [0.05, 0.1) is 19.8 Å². The minimum atomic E-state index is -0.0572. The second-order valence-electron chi connectivity index (χ2n) is 7.01. The summed E-state index contributed by atoms with van der Waals surface area (Å²) in [7, 11) is 1.74. The van der Waals surface area contributed by atoms with Gasteiger partial charge in [-0.05, 0) is 52.8 Å². The average Bonchev–Trinajstić information content (AvgIpc) is 2.71. The van der Waals surface area contributed by atoms with E-state index in [1.807, 2.05) is 6.07 Å². The predicted molar refractivity (Wildman–Crippen MR) is 106 cm³/mol. The Morgan fingerprint density at radius 2 is 1.88 bits per heavy atom. The van der Waals surface area contributed by atoms with Crippen LogP contribution >= 0.6 is 0 Å². The molecule has 0 spiro atoms. The fourth-order valence-electron chi connectivity index (χ4n) is 4.19. The zero-order chi connectivity index (χ0) is 17.9. The SMILES string of the molecule is COc1cccc2c1CC[C@H](NC(CO)c1cccc3ccccc13)C2. The van der Waals surface area contributed by atoms with Gasteiger partial charge in [-0.3, -0.25) is 0 Å². The maximum atomic E-state index is 10.1. The van der Waals surface area contributed by atoms with Crippen LogP contribution in [0.15, 0.2) is 60.7 Å². The molecule has 0 bridgehead atoms. The van der Waals surface area contributed by atoms with Gasteiger partial charge in [0.1, 0.15) is 5.75 Å². The Kier molecular flexibility index (Phi) is 4.91. The smallest absolute Gasteiger partial charge is 0.122 e. The molecule has 4 rings (SSSR count). The van der Waals surface area contributed by atoms with Gasteiger partial charge in [0.15, 0.2) is 0 Å². The van der Waals surface area contributed by atoms with Gasteiger partial charge in [-0.15, -0.1) is 0 Å². The summed E-state index contributed by atoms with van der Waals surface area (Å²) in [6.45, 7) is 0.0927. The Hall–Kier alpha value is -2.36. The zero-order valence-corrected chi connectivity index (χ0v) is 15.1. The standard InChI is InChI=1S/C23H25NO2/c1-26-23-11-5-8-17-14-18(12-13-20(17)23)24-22(15-25)21-10-4-7-16-6-2-3-9-19(16)21/h2-11,18,22,24-25H,12-15H2,1H3/t18-,22?/m0/s1. The van der Waals surface area contributed by atoms with Crippen molar-refractivity contribution in [3.63, 3.8) is 0 Å². The zero-order valence-electron chi connectivity index (χ0n) is 15.1. The van der Waals surface area contributed by atoms with Crippen LogP contribution in [0, 0.1) is 0 Å². The number of hydrogen-bond donors (Lipinski definition) is 2. The minimum Gasteiger partial charge on any atom is -0.496 e. The number of methoxy groups -OCH3 is 1. The second-order valence-corrected chi connectivity index (χ2v) is 7.01. The molecule has 0 radical (unpaired) electrons. The number of aliphatic hydroxyl groups excluding tert-OH is 1. The third-order valence-electron chi connectivity index (χ3n) is 5.48. The molecule has 3 aromatic carbocycles. The molecule has 0 aliphatic heterocycles. The summed E-state index contributed by atoms with van der Waals surface area (Å²) in [5.74, 6) is 0.994. The first-order valence-corrected chi connectivity index (χ1v) is 9.29. The molecular formula is C23H25NO2. The van der Waals surface area contributed by atoms with E-state index in [2.05, 4.69) is 59.9 Å². The van der Waals surface area contributed by atoms with Crippen LogP contribution in [0.5, 0.6) is 5.75 Å². The summed E-state index contributed by atoms with van der Waals surface area (Å²) >= 11 is 0. The molecule has 0 saturated carbocycles. The number of hydrogen-bond acceptors (Lipinski definition) is 3. The van der Waals surface area contributed by atoms with Crippen LogP contribution in [0.1, 0.15) is 29.2 Å². The van der Waals surface area contributed by atoms with Crippen LogP contribution in [-0.2, 0) is 12.8 Å². The lowest BCUT2D eigenvalue weighted by atomic mass is 9.87. The Labute approximate surface area is 154 Å². The molecule has 2 N–H and O–H groups in total. The van der Waals surface area contributed by atoms with Crippen LogP contribution in [0.2, 0.25) is 0 Å². The Balaban J connectivity index is 1.57. The van der Waals surface area contributed by atoms with E-state index in [-0.39, 0.29) is 12.6 Å². The number of nitrogens with one attached hydrogen (secondary N) is 1. The number of benzene rings is 3. The molecule has 1 unspecified atom stereocenters. The molecule has 0 heterocycles. The number of aliphatic hydroxyl groups is 1. The van der Waals surface area contributed by atoms with Gasteiger partial charge in [-0.25, -0.2) is 0 Å². The van der Waals surface area contributed by atoms with E-state index < -0.39 is 0 Å². The van der Waals surface area contributed by atoms with Gasteiger partial charge in [0.2, 0.25) is 0 Å². The maximum absolute atomic E-state index is 10.1. The highest BCUT2D eigenvalue weighted by Gasteiger charge is 2.24. The highest BCUT2D eigenvalue weighted by molar-refractivity contribution is 5.86. The van der Waals surface area contributed by atoms with E-state index in [4.69, 9.17) is 4.74 Å². The molecule has 134 valence electrons. The first kappa shape index (κ1) is 17.1. The van der Waals surface area contributed by atoms with Crippen molar-refractivity contribution < 1.29 is 9.84 Å². The van der Waals surface area contributed by atoms with E-state index in [1.54, 1.807) is 7.11 Å². The Morgan fingerprint density at radius 1 is 1.08 bits per heavy atom. The number of fused-ring (bicyclic) bond motifs is 2.